The number of benzene rings is 2. The zero-order chi connectivity index (χ0) is 19.4. The summed E-state index contributed by atoms with van der Waals surface area (Å²) in [5, 5.41) is 11.4. The summed E-state index contributed by atoms with van der Waals surface area (Å²) in [6, 6.07) is 12.9. The Kier molecular flexibility index (Phi) is 5.16. The molecule has 0 bridgehead atoms. The van der Waals surface area contributed by atoms with Crippen LogP contribution in [-0.2, 0) is 4.74 Å². The van der Waals surface area contributed by atoms with E-state index in [1.165, 1.54) is 25.3 Å². The first-order chi connectivity index (χ1) is 13.0. The molecule has 8 nitrogen and oxygen atoms in total. The summed E-state index contributed by atoms with van der Waals surface area (Å²) in [6.07, 6.45) is 0. The van der Waals surface area contributed by atoms with Crippen LogP contribution in [-0.4, -0.2) is 29.6 Å². The van der Waals surface area contributed by atoms with Gasteiger partial charge in [-0.15, -0.1) is 0 Å². The van der Waals surface area contributed by atoms with Gasteiger partial charge in [0.1, 0.15) is 5.75 Å². The van der Waals surface area contributed by atoms with E-state index in [2.05, 4.69) is 4.98 Å². The third kappa shape index (κ3) is 3.64. The normalized spacial score (nSPS) is 10.4. The number of methoxy groups -OCH3 is 1. The van der Waals surface area contributed by atoms with Gasteiger partial charge in [0, 0.05) is 11.6 Å². The highest BCUT2D eigenvalue weighted by Gasteiger charge is 2.28. The maximum atomic E-state index is 12.3. The van der Waals surface area contributed by atoms with E-state index in [9.17, 15) is 14.9 Å². The fourth-order valence-electron chi connectivity index (χ4n) is 2.54. The maximum Gasteiger partial charge on any atom is 0.361 e. The van der Waals surface area contributed by atoms with Gasteiger partial charge < -0.3 is 13.9 Å². The van der Waals surface area contributed by atoms with Gasteiger partial charge in [-0.1, -0.05) is 18.2 Å². The Bertz CT molecular complexity index is 995. The van der Waals surface area contributed by atoms with Gasteiger partial charge in [-0.2, -0.15) is 0 Å². The molecule has 0 amide bonds. The first-order valence-electron chi connectivity index (χ1n) is 8.11. The van der Waals surface area contributed by atoms with Crippen LogP contribution in [0.5, 0.6) is 5.75 Å². The fraction of sp³-hybridized carbons (Fsp3) is 0.158. The summed E-state index contributed by atoms with van der Waals surface area (Å²) in [7, 11) is 1.53. The number of rotatable bonds is 6. The SMILES string of the molecule is CCOC(=O)c1nc(-c2cccc(OC)c2)oc1-c1ccccc1[N+](=O)[O-]. The lowest BCUT2D eigenvalue weighted by Crippen LogP contribution is -2.07. The standard InChI is InChI=1S/C19H16N2O6/c1-3-26-19(22)16-17(14-9-4-5-10-15(14)21(23)24)27-18(20-16)12-7-6-8-13(11-12)25-2/h4-11H,3H2,1-2H3. The van der Waals surface area contributed by atoms with Crippen molar-refractivity contribution in [1.82, 2.24) is 4.98 Å². The third-order valence-electron chi connectivity index (χ3n) is 3.76. The van der Waals surface area contributed by atoms with Crippen molar-refractivity contribution < 1.29 is 23.6 Å². The molecule has 0 spiro atoms. The van der Waals surface area contributed by atoms with Crippen LogP contribution in [0.1, 0.15) is 17.4 Å². The highest BCUT2D eigenvalue weighted by atomic mass is 16.6. The van der Waals surface area contributed by atoms with Crippen molar-refractivity contribution in [3.63, 3.8) is 0 Å². The topological polar surface area (TPSA) is 105 Å². The zero-order valence-corrected chi connectivity index (χ0v) is 14.7. The van der Waals surface area contributed by atoms with Gasteiger partial charge in [0.2, 0.25) is 5.89 Å². The van der Waals surface area contributed by atoms with Crippen LogP contribution in [0.15, 0.2) is 52.9 Å². The molecule has 0 saturated heterocycles. The first kappa shape index (κ1) is 18.1. The number of hydrogen-bond acceptors (Lipinski definition) is 7. The smallest absolute Gasteiger partial charge is 0.361 e. The third-order valence-corrected chi connectivity index (χ3v) is 3.76. The molecule has 138 valence electrons. The molecule has 1 heterocycles. The first-order valence-corrected chi connectivity index (χ1v) is 8.11. The number of carbonyl (C=O) groups excluding carboxylic acids is 1. The molecular formula is C19H16N2O6. The molecule has 1 aromatic heterocycles. The number of esters is 1. The highest BCUT2D eigenvalue weighted by molar-refractivity contribution is 5.95. The van der Waals surface area contributed by atoms with Crippen molar-refractivity contribution in [2.75, 3.05) is 13.7 Å². The van der Waals surface area contributed by atoms with Crippen LogP contribution in [0.3, 0.4) is 0 Å². The maximum absolute atomic E-state index is 12.3. The van der Waals surface area contributed by atoms with Gasteiger partial charge in [0.05, 0.1) is 24.2 Å². The van der Waals surface area contributed by atoms with Crippen LogP contribution >= 0.6 is 0 Å². The predicted octanol–water partition coefficient (Wildman–Crippen LogP) is 4.10. The van der Waals surface area contributed by atoms with Crippen LogP contribution in [0.4, 0.5) is 5.69 Å². The minimum atomic E-state index is -0.719. The van der Waals surface area contributed by atoms with E-state index < -0.39 is 10.9 Å². The number of nitro groups is 1. The van der Waals surface area contributed by atoms with Gasteiger partial charge in [0.15, 0.2) is 11.5 Å². The van der Waals surface area contributed by atoms with Crippen molar-refractivity contribution in [3.8, 4) is 28.5 Å². The summed E-state index contributed by atoms with van der Waals surface area (Å²) in [4.78, 5) is 27.4. The fourth-order valence-corrected chi connectivity index (χ4v) is 2.54. The molecule has 3 rings (SSSR count). The summed E-state index contributed by atoms with van der Waals surface area (Å²) in [6.45, 7) is 1.79. The molecule has 0 fully saturated rings. The van der Waals surface area contributed by atoms with Gasteiger partial charge in [-0.25, -0.2) is 9.78 Å². The lowest BCUT2D eigenvalue weighted by molar-refractivity contribution is -0.384. The molecule has 0 aliphatic carbocycles. The Hall–Kier alpha value is -3.68. The summed E-state index contributed by atoms with van der Waals surface area (Å²) in [5.74, 6) is -0.0251. The Morgan fingerprint density at radius 1 is 1.22 bits per heavy atom. The number of carbonyl (C=O) groups is 1. The second kappa shape index (κ2) is 7.69. The van der Waals surface area contributed by atoms with E-state index in [0.29, 0.717) is 11.3 Å². The second-order valence-corrected chi connectivity index (χ2v) is 5.42. The number of para-hydroxylation sites is 1. The van der Waals surface area contributed by atoms with E-state index in [4.69, 9.17) is 13.9 Å². The lowest BCUT2D eigenvalue weighted by atomic mass is 10.1. The van der Waals surface area contributed by atoms with Crippen LogP contribution in [0.2, 0.25) is 0 Å². The van der Waals surface area contributed by atoms with E-state index >= 15 is 0 Å². The molecule has 27 heavy (non-hydrogen) atoms. The minimum absolute atomic E-state index is 0.0152. The Morgan fingerprint density at radius 2 is 2.00 bits per heavy atom. The van der Waals surface area contributed by atoms with Crippen molar-refractivity contribution in [2.24, 2.45) is 0 Å². The number of oxazole rings is 1. The van der Waals surface area contributed by atoms with Gasteiger partial charge in [-0.3, -0.25) is 10.1 Å². The van der Waals surface area contributed by atoms with E-state index in [-0.39, 0.29) is 35.2 Å². The molecule has 0 unspecified atom stereocenters. The minimum Gasteiger partial charge on any atom is -0.497 e. The van der Waals surface area contributed by atoms with Crippen LogP contribution in [0, 0.1) is 10.1 Å². The summed E-state index contributed by atoms with van der Waals surface area (Å²) in [5.41, 5.74) is 0.386. The Labute approximate surface area is 154 Å². The quantitative estimate of drug-likeness (QED) is 0.366. The highest BCUT2D eigenvalue weighted by Crippen LogP contribution is 2.36. The van der Waals surface area contributed by atoms with E-state index in [1.807, 2.05) is 0 Å². The average molecular weight is 368 g/mol. The van der Waals surface area contributed by atoms with Gasteiger partial charge in [-0.05, 0) is 31.2 Å². The average Bonchev–Trinajstić information content (AvgIpc) is 3.13. The number of nitrogens with zero attached hydrogens (tertiary/aromatic N) is 2. The molecule has 0 N–H and O–H groups in total. The van der Waals surface area contributed by atoms with Crippen molar-refractivity contribution in [1.29, 1.82) is 0 Å². The number of aromatic nitrogens is 1. The van der Waals surface area contributed by atoms with Crippen molar-refractivity contribution in [2.45, 2.75) is 6.92 Å². The molecule has 0 atom stereocenters. The number of hydrogen-bond donors (Lipinski definition) is 0. The largest absolute Gasteiger partial charge is 0.497 e. The van der Waals surface area contributed by atoms with Crippen molar-refractivity contribution >= 4 is 11.7 Å². The molecular weight excluding hydrogens is 352 g/mol. The predicted molar refractivity (Wildman–Crippen MR) is 96.5 cm³/mol. The number of ether oxygens (including phenoxy) is 2. The molecule has 0 radical (unpaired) electrons. The second-order valence-electron chi connectivity index (χ2n) is 5.42. The van der Waals surface area contributed by atoms with Crippen LogP contribution in [0.25, 0.3) is 22.8 Å². The number of nitro benzene ring substituents is 1. The monoisotopic (exact) mass is 368 g/mol. The van der Waals surface area contributed by atoms with E-state index in [0.717, 1.165) is 0 Å². The zero-order valence-electron chi connectivity index (χ0n) is 14.7. The molecule has 8 heteroatoms. The lowest BCUT2D eigenvalue weighted by Gasteiger charge is -2.02. The molecule has 0 saturated carbocycles. The van der Waals surface area contributed by atoms with Crippen molar-refractivity contribution in [3.05, 3.63) is 64.3 Å². The molecule has 2 aromatic carbocycles. The van der Waals surface area contributed by atoms with Crippen LogP contribution < -0.4 is 4.74 Å². The Balaban J connectivity index is 2.19. The summed E-state index contributed by atoms with van der Waals surface area (Å²) < 4.78 is 16.0. The molecule has 0 aliphatic heterocycles. The summed E-state index contributed by atoms with van der Waals surface area (Å²) >= 11 is 0. The van der Waals surface area contributed by atoms with E-state index in [1.54, 1.807) is 37.3 Å². The molecule has 3 aromatic rings. The van der Waals surface area contributed by atoms with Gasteiger partial charge in [0.25, 0.3) is 5.69 Å². The molecule has 0 aliphatic rings. The Morgan fingerprint density at radius 3 is 2.70 bits per heavy atom. The van der Waals surface area contributed by atoms with Gasteiger partial charge >= 0.3 is 5.97 Å².